The standard InChI is InChI=1S/C20H24N6O5S/c1-24-17(27)15-16(23-19(24)32(2,30)31)22-18(26(15)11-13-7-4-3-5-8-13)25-10-6-9-14(12-25)21-20(28)29/h3-5,7-8,14,21H,6,9-12H2,1-2H3,(H,28,29). The molecule has 32 heavy (non-hydrogen) atoms. The van der Waals surface area contributed by atoms with Gasteiger partial charge in [-0.25, -0.2) is 13.2 Å². The Balaban J connectivity index is 1.89. The Morgan fingerprint density at radius 2 is 1.97 bits per heavy atom. The Labute approximate surface area is 184 Å². The molecule has 1 aliphatic rings. The van der Waals surface area contributed by atoms with Gasteiger partial charge >= 0.3 is 6.09 Å². The number of amides is 1. The summed E-state index contributed by atoms with van der Waals surface area (Å²) in [7, 11) is -2.37. The fraction of sp³-hybridized carbons (Fsp3) is 0.400. The van der Waals surface area contributed by atoms with Gasteiger partial charge in [0.15, 0.2) is 11.2 Å². The van der Waals surface area contributed by atoms with E-state index in [1.807, 2.05) is 35.2 Å². The molecular formula is C20H24N6O5S. The monoisotopic (exact) mass is 460 g/mol. The van der Waals surface area contributed by atoms with Crippen LogP contribution < -0.4 is 15.8 Å². The van der Waals surface area contributed by atoms with Crippen molar-refractivity contribution in [1.82, 2.24) is 24.4 Å². The van der Waals surface area contributed by atoms with Crippen LogP contribution in [0.1, 0.15) is 18.4 Å². The van der Waals surface area contributed by atoms with Gasteiger partial charge in [0.25, 0.3) is 5.56 Å². The van der Waals surface area contributed by atoms with Gasteiger partial charge in [-0.15, -0.1) is 0 Å². The van der Waals surface area contributed by atoms with Crippen molar-refractivity contribution in [2.24, 2.45) is 7.05 Å². The molecule has 1 atom stereocenters. The third kappa shape index (κ3) is 4.17. The summed E-state index contributed by atoms with van der Waals surface area (Å²) in [5.41, 5.74) is 0.668. The van der Waals surface area contributed by atoms with Crippen molar-refractivity contribution >= 4 is 33.0 Å². The van der Waals surface area contributed by atoms with Crippen molar-refractivity contribution in [2.75, 3.05) is 24.2 Å². The first-order chi connectivity index (χ1) is 15.1. The summed E-state index contributed by atoms with van der Waals surface area (Å²) < 4.78 is 27.1. The van der Waals surface area contributed by atoms with Gasteiger partial charge in [-0.2, -0.15) is 9.97 Å². The molecule has 0 aliphatic carbocycles. The number of piperidine rings is 1. The molecule has 1 fully saturated rings. The lowest BCUT2D eigenvalue weighted by Gasteiger charge is -2.33. The zero-order valence-electron chi connectivity index (χ0n) is 17.7. The van der Waals surface area contributed by atoms with Gasteiger partial charge in [-0.1, -0.05) is 30.3 Å². The normalized spacial score (nSPS) is 16.9. The molecular weight excluding hydrogens is 436 g/mol. The number of carboxylic acid groups (broad SMARTS) is 1. The van der Waals surface area contributed by atoms with Gasteiger partial charge in [-0.05, 0) is 18.4 Å². The zero-order chi connectivity index (χ0) is 23.0. The number of fused-ring (bicyclic) bond motifs is 1. The lowest BCUT2D eigenvalue weighted by Crippen LogP contribution is -2.48. The predicted octanol–water partition coefficient (Wildman–Crippen LogP) is 0.818. The topological polar surface area (TPSA) is 139 Å². The summed E-state index contributed by atoms with van der Waals surface area (Å²) in [6, 6.07) is 9.23. The zero-order valence-corrected chi connectivity index (χ0v) is 18.5. The molecule has 2 aromatic heterocycles. The first-order valence-electron chi connectivity index (χ1n) is 10.1. The molecule has 3 aromatic rings. The quantitative estimate of drug-likeness (QED) is 0.534. The van der Waals surface area contributed by atoms with Gasteiger partial charge < -0.3 is 15.3 Å². The van der Waals surface area contributed by atoms with E-state index in [9.17, 15) is 18.0 Å². The molecule has 11 nitrogen and oxygen atoms in total. The summed E-state index contributed by atoms with van der Waals surface area (Å²) in [5.74, 6) is 0.455. The van der Waals surface area contributed by atoms with Crippen molar-refractivity contribution < 1.29 is 18.3 Å². The molecule has 0 spiro atoms. The summed E-state index contributed by atoms with van der Waals surface area (Å²) in [6.45, 7) is 1.33. The summed E-state index contributed by atoms with van der Waals surface area (Å²) in [6.07, 6.45) is 1.33. The Hall–Kier alpha value is -3.41. The van der Waals surface area contributed by atoms with Crippen LogP contribution >= 0.6 is 0 Å². The number of benzene rings is 1. The van der Waals surface area contributed by atoms with Crippen molar-refractivity contribution in [3.8, 4) is 0 Å². The predicted molar refractivity (Wildman–Crippen MR) is 118 cm³/mol. The highest BCUT2D eigenvalue weighted by Gasteiger charge is 2.28. The van der Waals surface area contributed by atoms with Crippen LogP contribution in [0.3, 0.4) is 0 Å². The first-order valence-corrected chi connectivity index (χ1v) is 12.0. The number of hydrogen-bond acceptors (Lipinski definition) is 7. The number of sulfone groups is 1. The number of imidazole rings is 1. The number of rotatable bonds is 5. The molecule has 1 aromatic carbocycles. The van der Waals surface area contributed by atoms with E-state index in [1.54, 1.807) is 4.57 Å². The van der Waals surface area contributed by atoms with E-state index >= 15 is 0 Å². The second-order valence-electron chi connectivity index (χ2n) is 7.92. The number of aromatic nitrogens is 4. The van der Waals surface area contributed by atoms with Crippen molar-refractivity contribution in [1.29, 1.82) is 0 Å². The fourth-order valence-corrected chi connectivity index (χ4v) is 4.90. The Kier molecular flexibility index (Phi) is 5.63. The van der Waals surface area contributed by atoms with Gasteiger partial charge in [0.05, 0.1) is 6.54 Å². The van der Waals surface area contributed by atoms with Crippen LogP contribution in [-0.4, -0.2) is 64.1 Å². The van der Waals surface area contributed by atoms with Gasteiger partial charge in [0, 0.05) is 32.4 Å². The number of nitrogens with zero attached hydrogens (tertiary/aromatic N) is 5. The van der Waals surface area contributed by atoms with E-state index in [0.29, 0.717) is 32.0 Å². The molecule has 170 valence electrons. The first kappa shape index (κ1) is 21.8. The highest BCUT2D eigenvalue weighted by atomic mass is 32.2. The Morgan fingerprint density at radius 3 is 2.62 bits per heavy atom. The molecule has 4 rings (SSSR count). The van der Waals surface area contributed by atoms with Crippen LogP contribution in [0, 0.1) is 0 Å². The molecule has 3 heterocycles. The van der Waals surface area contributed by atoms with Crippen LogP contribution in [0.15, 0.2) is 40.3 Å². The maximum Gasteiger partial charge on any atom is 0.404 e. The average Bonchev–Trinajstić information content (AvgIpc) is 3.09. The third-order valence-electron chi connectivity index (χ3n) is 5.47. The minimum atomic E-state index is -3.74. The summed E-state index contributed by atoms with van der Waals surface area (Å²) in [5, 5.41) is 11.3. The summed E-state index contributed by atoms with van der Waals surface area (Å²) >= 11 is 0. The van der Waals surface area contributed by atoms with E-state index in [1.165, 1.54) is 7.05 Å². The molecule has 0 radical (unpaired) electrons. The average molecular weight is 461 g/mol. The van der Waals surface area contributed by atoms with E-state index in [4.69, 9.17) is 5.11 Å². The van der Waals surface area contributed by atoms with E-state index in [0.717, 1.165) is 22.8 Å². The second kappa shape index (κ2) is 8.26. The van der Waals surface area contributed by atoms with Crippen LogP contribution in [0.25, 0.3) is 11.2 Å². The van der Waals surface area contributed by atoms with Crippen LogP contribution in [0.5, 0.6) is 0 Å². The van der Waals surface area contributed by atoms with Crippen LogP contribution in [0.2, 0.25) is 0 Å². The SMILES string of the molecule is Cn1c(S(C)(=O)=O)nc2nc(N3CCCC(NC(=O)O)C3)n(Cc3ccccc3)c2c1=O. The summed E-state index contributed by atoms with van der Waals surface area (Å²) in [4.78, 5) is 35.0. The van der Waals surface area contributed by atoms with Crippen LogP contribution in [-0.2, 0) is 23.4 Å². The minimum absolute atomic E-state index is 0.0489. The smallest absolute Gasteiger partial charge is 0.404 e. The number of anilines is 1. The number of hydrogen-bond donors (Lipinski definition) is 2. The highest BCUT2D eigenvalue weighted by Crippen LogP contribution is 2.25. The van der Waals surface area contributed by atoms with Crippen molar-refractivity contribution in [3.05, 3.63) is 46.2 Å². The van der Waals surface area contributed by atoms with E-state index < -0.39 is 21.5 Å². The highest BCUT2D eigenvalue weighted by molar-refractivity contribution is 7.90. The second-order valence-corrected chi connectivity index (χ2v) is 9.83. The Morgan fingerprint density at radius 1 is 1.25 bits per heavy atom. The maximum atomic E-state index is 13.2. The number of carbonyl (C=O) groups is 1. The molecule has 1 unspecified atom stereocenters. The lowest BCUT2D eigenvalue weighted by molar-refractivity contribution is 0.188. The molecule has 0 bridgehead atoms. The molecule has 1 saturated heterocycles. The maximum absolute atomic E-state index is 13.2. The fourth-order valence-electron chi connectivity index (χ4n) is 4.07. The van der Waals surface area contributed by atoms with Gasteiger partial charge in [-0.3, -0.25) is 13.9 Å². The molecule has 2 N–H and O–H groups in total. The third-order valence-corrected chi connectivity index (χ3v) is 6.50. The molecule has 1 amide bonds. The van der Waals surface area contributed by atoms with Crippen LogP contribution in [0.4, 0.5) is 10.7 Å². The molecule has 12 heteroatoms. The van der Waals surface area contributed by atoms with E-state index in [-0.39, 0.29) is 22.4 Å². The lowest BCUT2D eigenvalue weighted by atomic mass is 10.1. The van der Waals surface area contributed by atoms with Gasteiger partial charge in [0.1, 0.15) is 0 Å². The molecule has 0 saturated carbocycles. The van der Waals surface area contributed by atoms with Crippen molar-refractivity contribution in [3.63, 3.8) is 0 Å². The van der Waals surface area contributed by atoms with Crippen molar-refractivity contribution in [2.45, 2.75) is 30.6 Å². The van der Waals surface area contributed by atoms with E-state index in [2.05, 4.69) is 15.3 Å². The largest absolute Gasteiger partial charge is 0.465 e. The van der Waals surface area contributed by atoms with Gasteiger partial charge in [0.2, 0.25) is 20.9 Å². The minimum Gasteiger partial charge on any atom is -0.465 e. The Bertz CT molecular complexity index is 1330. The molecule has 1 aliphatic heterocycles. The number of nitrogens with one attached hydrogen (secondary N) is 1.